The van der Waals surface area contributed by atoms with E-state index in [0.717, 1.165) is 0 Å². The molecule has 0 aliphatic rings. The fraction of sp³-hybridized carbons (Fsp3) is 0.300. The molecule has 0 aliphatic carbocycles. The first-order chi connectivity index (χ1) is 15.0. The van der Waals surface area contributed by atoms with E-state index in [2.05, 4.69) is 15.2 Å². The Balaban J connectivity index is 1.55. The first-order valence-electron chi connectivity index (χ1n) is 9.59. The molecule has 0 aliphatic heterocycles. The van der Waals surface area contributed by atoms with Crippen molar-refractivity contribution in [3.8, 4) is 11.7 Å². The number of carbonyl (C=O) groups is 1. The molecule has 162 valence electrons. The van der Waals surface area contributed by atoms with Gasteiger partial charge in [-0.15, -0.1) is 10.2 Å². The van der Waals surface area contributed by atoms with Gasteiger partial charge in [-0.2, -0.15) is 8.78 Å². The molecule has 0 spiro atoms. The third-order valence-electron chi connectivity index (χ3n) is 4.48. The first-order valence-corrected chi connectivity index (χ1v) is 10.5. The van der Waals surface area contributed by atoms with Crippen LogP contribution in [-0.4, -0.2) is 42.9 Å². The second-order valence-corrected chi connectivity index (χ2v) is 7.60. The number of furan rings is 1. The summed E-state index contributed by atoms with van der Waals surface area (Å²) in [4.78, 5) is 18.9. The zero-order valence-electron chi connectivity index (χ0n) is 16.6. The van der Waals surface area contributed by atoms with Crippen LogP contribution in [0.1, 0.15) is 19.2 Å². The molecule has 0 saturated carbocycles. The number of nitrogens with zero attached hydrogens (tertiary/aromatic N) is 5. The van der Waals surface area contributed by atoms with Gasteiger partial charge in [-0.3, -0.25) is 4.79 Å². The quantitative estimate of drug-likeness (QED) is 0.351. The highest BCUT2D eigenvalue weighted by molar-refractivity contribution is 7.99. The number of halogens is 2. The van der Waals surface area contributed by atoms with Crippen LogP contribution < -0.4 is 0 Å². The summed E-state index contributed by atoms with van der Waals surface area (Å²) in [5.74, 6) is -1.99. The van der Waals surface area contributed by atoms with Crippen LogP contribution in [0.3, 0.4) is 0 Å². The van der Waals surface area contributed by atoms with E-state index in [9.17, 15) is 13.6 Å². The molecule has 0 saturated heterocycles. The van der Waals surface area contributed by atoms with E-state index in [1.54, 1.807) is 41.3 Å². The van der Waals surface area contributed by atoms with E-state index in [0.29, 0.717) is 41.5 Å². The fourth-order valence-corrected chi connectivity index (χ4v) is 3.75. The molecular formula is C20H19F2N5O3S. The summed E-state index contributed by atoms with van der Waals surface area (Å²) in [5.41, 5.74) is 1.17. The SMILES string of the molecule is CCCN(Cc1nnc(-c2ccco2)o1)C(=O)Cn1c(SC(F)F)nc2ccccc21. The standard InChI is InChI=1S/C20H19F2N5O3S/c1-2-9-26(11-16-24-25-18(30-16)15-8-5-10-29-15)17(28)12-27-14-7-4-3-6-13(14)23-20(27)31-19(21)22/h3-8,10,19H,2,9,11-12H2,1H3. The molecule has 11 heteroatoms. The van der Waals surface area contributed by atoms with Crippen LogP contribution in [0.2, 0.25) is 0 Å². The van der Waals surface area contributed by atoms with Crippen molar-refractivity contribution >= 4 is 28.7 Å². The normalized spacial score (nSPS) is 11.5. The van der Waals surface area contributed by atoms with Crippen LogP contribution in [0.5, 0.6) is 0 Å². The van der Waals surface area contributed by atoms with E-state index in [1.807, 2.05) is 6.92 Å². The summed E-state index contributed by atoms with van der Waals surface area (Å²) in [5, 5.41) is 8.03. The van der Waals surface area contributed by atoms with Crippen molar-refractivity contribution in [2.75, 3.05) is 6.54 Å². The Morgan fingerprint density at radius 1 is 1.23 bits per heavy atom. The van der Waals surface area contributed by atoms with Crippen LogP contribution in [0.25, 0.3) is 22.7 Å². The minimum Gasteiger partial charge on any atom is -0.459 e. The minimum atomic E-state index is -2.64. The second-order valence-electron chi connectivity index (χ2n) is 6.64. The number of carbonyl (C=O) groups excluding carboxylic acids is 1. The van der Waals surface area contributed by atoms with Gasteiger partial charge < -0.3 is 18.3 Å². The summed E-state index contributed by atoms with van der Waals surface area (Å²) in [6, 6.07) is 10.4. The van der Waals surface area contributed by atoms with Gasteiger partial charge in [0.2, 0.25) is 11.8 Å². The molecule has 0 atom stereocenters. The third kappa shape index (κ3) is 4.76. The van der Waals surface area contributed by atoms with Gasteiger partial charge in [-0.05, 0) is 42.4 Å². The summed E-state index contributed by atoms with van der Waals surface area (Å²) in [7, 11) is 0. The number of rotatable bonds is 9. The monoisotopic (exact) mass is 447 g/mol. The molecule has 3 heterocycles. The Labute approximate surface area is 180 Å². The van der Waals surface area contributed by atoms with E-state index >= 15 is 0 Å². The van der Waals surface area contributed by atoms with Gasteiger partial charge in [-0.25, -0.2) is 4.98 Å². The average Bonchev–Trinajstić information content (AvgIpc) is 3.48. The van der Waals surface area contributed by atoms with Crippen molar-refractivity contribution in [2.45, 2.75) is 37.3 Å². The molecule has 8 nitrogen and oxygen atoms in total. The van der Waals surface area contributed by atoms with Crippen molar-refractivity contribution < 1.29 is 22.4 Å². The molecule has 3 aromatic heterocycles. The van der Waals surface area contributed by atoms with Gasteiger partial charge >= 0.3 is 0 Å². The molecule has 1 aromatic carbocycles. The van der Waals surface area contributed by atoms with Crippen molar-refractivity contribution in [3.63, 3.8) is 0 Å². The Bertz CT molecular complexity index is 1160. The highest BCUT2D eigenvalue weighted by Gasteiger charge is 2.22. The second kappa shape index (κ2) is 9.29. The Morgan fingerprint density at radius 2 is 2.06 bits per heavy atom. The fourth-order valence-electron chi connectivity index (χ4n) is 3.15. The summed E-state index contributed by atoms with van der Waals surface area (Å²) in [6.07, 6.45) is 2.20. The number of hydrogen-bond donors (Lipinski definition) is 0. The molecule has 0 radical (unpaired) electrons. The number of thioether (sulfide) groups is 1. The van der Waals surface area contributed by atoms with Gasteiger partial charge in [0.25, 0.3) is 11.6 Å². The van der Waals surface area contributed by atoms with Crippen LogP contribution in [0, 0.1) is 0 Å². The topological polar surface area (TPSA) is 90.2 Å². The van der Waals surface area contributed by atoms with Crippen molar-refractivity contribution in [3.05, 3.63) is 48.6 Å². The van der Waals surface area contributed by atoms with Crippen LogP contribution in [0.15, 0.2) is 56.7 Å². The number of para-hydroxylation sites is 2. The lowest BCUT2D eigenvalue weighted by molar-refractivity contribution is -0.132. The summed E-state index contributed by atoms with van der Waals surface area (Å²) < 4.78 is 38.4. The number of amides is 1. The Hall–Kier alpha value is -3.21. The number of alkyl halides is 2. The largest absolute Gasteiger partial charge is 0.459 e. The minimum absolute atomic E-state index is 0.0962. The van der Waals surface area contributed by atoms with E-state index in [-0.39, 0.29) is 35.9 Å². The maximum absolute atomic E-state index is 13.1. The maximum Gasteiger partial charge on any atom is 0.291 e. The summed E-state index contributed by atoms with van der Waals surface area (Å²) in [6.45, 7) is 2.35. The van der Waals surface area contributed by atoms with E-state index in [1.165, 1.54) is 10.8 Å². The predicted octanol–water partition coefficient (Wildman–Crippen LogP) is 4.43. The van der Waals surface area contributed by atoms with Crippen molar-refractivity contribution in [2.24, 2.45) is 0 Å². The molecule has 4 aromatic rings. The molecule has 0 N–H and O–H groups in total. The molecular weight excluding hydrogens is 428 g/mol. The zero-order chi connectivity index (χ0) is 21.8. The molecule has 1 amide bonds. The zero-order valence-corrected chi connectivity index (χ0v) is 17.4. The average molecular weight is 447 g/mol. The number of fused-ring (bicyclic) bond motifs is 1. The molecule has 0 fully saturated rings. The highest BCUT2D eigenvalue weighted by atomic mass is 32.2. The first kappa shape index (κ1) is 21.0. The lowest BCUT2D eigenvalue weighted by Crippen LogP contribution is -2.34. The van der Waals surface area contributed by atoms with Crippen molar-refractivity contribution in [1.29, 1.82) is 0 Å². The molecule has 0 unspecified atom stereocenters. The molecule has 0 bridgehead atoms. The molecule has 31 heavy (non-hydrogen) atoms. The smallest absolute Gasteiger partial charge is 0.291 e. The molecule has 4 rings (SSSR count). The van der Waals surface area contributed by atoms with Gasteiger partial charge in [0.15, 0.2) is 10.9 Å². The Morgan fingerprint density at radius 3 is 2.81 bits per heavy atom. The van der Waals surface area contributed by atoms with Gasteiger partial charge in [0, 0.05) is 6.54 Å². The lowest BCUT2D eigenvalue weighted by atomic mass is 10.3. The maximum atomic E-state index is 13.1. The van der Waals surface area contributed by atoms with E-state index in [4.69, 9.17) is 8.83 Å². The number of aromatic nitrogens is 4. The predicted molar refractivity (Wildman–Crippen MR) is 109 cm³/mol. The van der Waals surface area contributed by atoms with Crippen molar-refractivity contribution in [1.82, 2.24) is 24.6 Å². The number of benzene rings is 1. The van der Waals surface area contributed by atoms with E-state index < -0.39 is 5.76 Å². The van der Waals surface area contributed by atoms with Crippen LogP contribution in [0.4, 0.5) is 8.78 Å². The Kier molecular flexibility index (Phi) is 6.31. The number of imidazole rings is 1. The summed E-state index contributed by atoms with van der Waals surface area (Å²) >= 11 is 0.320. The third-order valence-corrected chi connectivity index (χ3v) is 5.18. The van der Waals surface area contributed by atoms with Crippen LogP contribution in [-0.2, 0) is 17.9 Å². The number of hydrogen-bond acceptors (Lipinski definition) is 7. The van der Waals surface area contributed by atoms with Crippen LogP contribution >= 0.6 is 11.8 Å². The lowest BCUT2D eigenvalue weighted by Gasteiger charge is -2.21. The van der Waals surface area contributed by atoms with Gasteiger partial charge in [-0.1, -0.05) is 19.1 Å². The van der Waals surface area contributed by atoms with Gasteiger partial charge in [0.05, 0.1) is 23.8 Å². The van der Waals surface area contributed by atoms with Gasteiger partial charge in [0.1, 0.15) is 6.54 Å². The highest BCUT2D eigenvalue weighted by Crippen LogP contribution is 2.28.